The lowest BCUT2D eigenvalue weighted by Crippen LogP contribution is -2.21. The van der Waals surface area contributed by atoms with E-state index in [9.17, 15) is 0 Å². The summed E-state index contributed by atoms with van der Waals surface area (Å²) in [6, 6.07) is 2.44. The Morgan fingerprint density at radius 3 is 2.89 bits per heavy atom. The first-order valence-corrected chi connectivity index (χ1v) is 6.45. The Hall–Kier alpha value is -1.55. The van der Waals surface area contributed by atoms with Crippen LogP contribution in [0.3, 0.4) is 0 Å². The first kappa shape index (κ1) is 12.9. The van der Waals surface area contributed by atoms with Gasteiger partial charge in [0.1, 0.15) is 11.6 Å². The molecule has 0 spiro atoms. The van der Waals surface area contributed by atoms with Crippen LogP contribution in [0.4, 0.5) is 0 Å². The molecule has 2 aromatic heterocycles. The molecule has 0 aromatic carbocycles. The van der Waals surface area contributed by atoms with E-state index in [1.807, 2.05) is 32.6 Å². The number of aromatic nitrogens is 2. The normalized spacial score (nSPS) is 12.8. The summed E-state index contributed by atoms with van der Waals surface area (Å²) >= 11 is 0. The highest BCUT2D eigenvalue weighted by molar-refractivity contribution is 5.16. The van der Waals surface area contributed by atoms with Crippen LogP contribution >= 0.6 is 0 Å². The van der Waals surface area contributed by atoms with E-state index >= 15 is 0 Å². The average molecular weight is 247 g/mol. The topological polar surface area (TPSA) is 43.0 Å². The number of hydrogen-bond donors (Lipinski definition) is 1. The molecule has 0 bridgehead atoms. The maximum Gasteiger partial charge on any atom is 0.108 e. The summed E-state index contributed by atoms with van der Waals surface area (Å²) in [5.41, 5.74) is 1.23. The Bertz CT molecular complexity index is 487. The SMILES string of the molecule is CCNC(CCc1nccn1C)c1coc(C)c1. The van der Waals surface area contributed by atoms with Gasteiger partial charge in [-0.05, 0) is 26.0 Å². The molecule has 18 heavy (non-hydrogen) atoms. The Labute approximate surface area is 108 Å². The lowest BCUT2D eigenvalue weighted by atomic mass is 10.0. The van der Waals surface area contributed by atoms with E-state index in [1.165, 1.54) is 5.56 Å². The van der Waals surface area contributed by atoms with Crippen LogP contribution in [0.2, 0.25) is 0 Å². The van der Waals surface area contributed by atoms with Gasteiger partial charge >= 0.3 is 0 Å². The van der Waals surface area contributed by atoms with E-state index in [-0.39, 0.29) is 0 Å². The van der Waals surface area contributed by atoms with Gasteiger partial charge < -0.3 is 14.3 Å². The van der Waals surface area contributed by atoms with Gasteiger partial charge in [-0.1, -0.05) is 6.92 Å². The van der Waals surface area contributed by atoms with Crippen LogP contribution in [-0.2, 0) is 13.5 Å². The van der Waals surface area contributed by atoms with Crippen LogP contribution in [-0.4, -0.2) is 16.1 Å². The maximum absolute atomic E-state index is 5.39. The van der Waals surface area contributed by atoms with E-state index in [4.69, 9.17) is 4.42 Å². The molecule has 1 N–H and O–H groups in total. The van der Waals surface area contributed by atoms with Crippen molar-refractivity contribution in [2.75, 3.05) is 6.54 Å². The van der Waals surface area contributed by atoms with Crippen molar-refractivity contribution < 1.29 is 4.42 Å². The zero-order valence-corrected chi connectivity index (χ0v) is 11.3. The number of aryl methyl sites for hydroxylation is 3. The van der Waals surface area contributed by atoms with Crippen molar-refractivity contribution in [3.8, 4) is 0 Å². The van der Waals surface area contributed by atoms with Gasteiger partial charge in [-0.2, -0.15) is 0 Å². The smallest absolute Gasteiger partial charge is 0.108 e. The van der Waals surface area contributed by atoms with Gasteiger partial charge in [0.2, 0.25) is 0 Å². The van der Waals surface area contributed by atoms with E-state index in [1.54, 1.807) is 0 Å². The molecule has 0 amide bonds. The maximum atomic E-state index is 5.39. The minimum Gasteiger partial charge on any atom is -0.469 e. The zero-order chi connectivity index (χ0) is 13.0. The second-order valence-electron chi connectivity index (χ2n) is 4.59. The molecule has 0 aliphatic heterocycles. The minimum atomic E-state index is 0.337. The molecule has 4 heteroatoms. The van der Waals surface area contributed by atoms with Gasteiger partial charge in [0.05, 0.1) is 6.26 Å². The zero-order valence-electron chi connectivity index (χ0n) is 11.3. The van der Waals surface area contributed by atoms with Gasteiger partial charge in [0.15, 0.2) is 0 Å². The molecule has 98 valence electrons. The van der Waals surface area contributed by atoms with Crippen molar-refractivity contribution in [2.24, 2.45) is 7.05 Å². The number of imidazole rings is 1. The van der Waals surface area contributed by atoms with E-state index in [0.29, 0.717) is 6.04 Å². The van der Waals surface area contributed by atoms with Crippen LogP contribution in [0, 0.1) is 6.92 Å². The summed E-state index contributed by atoms with van der Waals surface area (Å²) in [6.45, 7) is 5.06. The van der Waals surface area contributed by atoms with Crippen LogP contribution in [0.25, 0.3) is 0 Å². The molecule has 2 aromatic rings. The molecule has 2 heterocycles. The summed E-state index contributed by atoms with van der Waals surface area (Å²) in [6.07, 6.45) is 7.67. The predicted molar refractivity (Wildman–Crippen MR) is 71.4 cm³/mol. The first-order chi connectivity index (χ1) is 8.70. The molecule has 2 rings (SSSR count). The standard InChI is InChI=1S/C14H21N3O/c1-4-15-13(12-9-11(2)18-10-12)5-6-14-16-7-8-17(14)3/h7-10,13,15H,4-6H2,1-3H3. The third kappa shape index (κ3) is 3.01. The average Bonchev–Trinajstić information content (AvgIpc) is 2.94. The monoisotopic (exact) mass is 247 g/mol. The Balaban J connectivity index is 2.01. The van der Waals surface area contributed by atoms with Crippen molar-refractivity contribution in [2.45, 2.75) is 32.7 Å². The number of furan rings is 1. The molecule has 0 aliphatic carbocycles. The number of nitrogens with one attached hydrogen (secondary N) is 1. The summed E-state index contributed by atoms with van der Waals surface area (Å²) in [4.78, 5) is 4.36. The van der Waals surface area contributed by atoms with Gasteiger partial charge in [-0.3, -0.25) is 0 Å². The highest BCUT2D eigenvalue weighted by atomic mass is 16.3. The fourth-order valence-corrected chi connectivity index (χ4v) is 2.19. The summed E-state index contributed by atoms with van der Waals surface area (Å²) < 4.78 is 7.46. The Morgan fingerprint density at radius 1 is 1.50 bits per heavy atom. The van der Waals surface area contributed by atoms with Crippen LogP contribution < -0.4 is 5.32 Å². The molecule has 1 atom stereocenters. The summed E-state index contributed by atoms with van der Waals surface area (Å²) in [5.74, 6) is 2.09. The second-order valence-corrected chi connectivity index (χ2v) is 4.59. The Morgan fingerprint density at radius 2 is 2.33 bits per heavy atom. The fraction of sp³-hybridized carbons (Fsp3) is 0.500. The van der Waals surface area contributed by atoms with Crippen molar-refractivity contribution in [3.63, 3.8) is 0 Å². The van der Waals surface area contributed by atoms with Gasteiger partial charge in [0.25, 0.3) is 0 Å². The lowest BCUT2D eigenvalue weighted by Gasteiger charge is -2.15. The molecular weight excluding hydrogens is 226 g/mol. The number of hydrogen-bond acceptors (Lipinski definition) is 3. The van der Waals surface area contributed by atoms with E-state index in [0.717, 1.165) is 31.0 Å². The second kappa shape index (κ2) is 5.87. The minimum absolute atomic E-state index is 0.337. The molecular formula is C14H21N3O. The summed E-state index contributed by atoms with van der Waals surface area (Å²) in [5, 5.41) is 3.50. The number of rotatable bonds is 6. The van der Waals surface area contributed by atoms with Crippen LogP contribution in [0.1, 0.15) is 36.5 Å². The quantitative estimate of drug-likeness (QED) is 0.853. The lowest BCUT2D eigenvalue weighted by molar-refractivity contribution is 0.489. The van der Waals surface area contributed by atoms with Gasteiger partial charge in [-0.25, -0.2) is 4.98 Å². The third-order valence-electron chi connectivity index (χ3n) is 3.18. The highest BCUT2D eigenvalue weighted by Gasteiger charge is 2.13. The predicted octanol–water partition coefficient (Wildman–Crippen LogP) is 2.60. The molecule has 1 unspecified atom stereocenters. The van der Waals surface area contributed by atoms with E-state index in [2.05, 4.69) is 27.9 Å². The summed E-state index contributed by atoms with van der Waals surface area (Å²) in [7, 11) is 2.03. The van der Waals surface area contributed by atoms with Crippen molar-refractivity contribution in [3.05, 3.63) is 41.9 Å². The number of nitrogens with zero attached hydrogens (tertiary/aromatic N) is 2. The molecule has 0 radical (unpaired) electrons. The largest absolute Gasteiger partial charge is 0.469 e. The molecule has 0 saturated carbocycles. The van der Waals surface area contributed by atoms with Crippen LogP contribution in [0.5, 0.6) is 0 Å². The van der Waals surface area contributed by atoms with Gasteiger partial charge in [-0.15, -0.1) is 0 Å². The van der Waals surface area contributed by atoms with E-state index < -0.39 is 0 Å². The first-order valence-electron chi connectivity index (χ1n) is 6.45. The molecule has 4 nitrogen and oxygen atoms in total. The van der Waals surface area contributed by atoms with Crippen molar-refractivity contribution >= 4 is 0 Å². The van der Waals surface area contributed by atoms with Crippen LogP contribution in [0.15, 0.2) is 29.1 Å². The van der Waals surface area contributed by atoms with Crippen molar-refractivity contribution in [1.82, 2.24) is 14.9 Å². The third-order valence-corrected chi connectivity index (χ3v) is 3.18. The molecule has 0 fully saturated rings. The fourth-order valence-electron chi connectivity index (χ4n) is 2.19. The highest BCUT2D eigenvalue weighted by Crippen LogP contribution is 2.21. The molecule has 0 aliphatic rings. The van der Waals surface area contributed by atoms with Gasteiger partial charge in [0, 0.05) is 37.5 Å². The molecule has 0 saturated heterocycles. The van der Waals surface area contributed by atoms with Crippen molar-refractivity contribution in [1.29, 1.82) is 0 Å². The Kier molecular flexibility index (Phi) is 4.20.